The largest absolute Gasteiger partial charge is 0.416 e. The molecule has 0 radical (unpaired) electrons. The first kappa shape index (κ1) is 7.31. The summed E-state index contributed by atoms with van der Waals surface area (Å²) in [7, 11) is 0. The minimum atomic E-state index is 0.566. The maximum absolute atomic E-state index is 5.14. The highest BCUT2D eigenvalue weighted by Gasteiger charge is 2.10. The van der Waals surface area contributed by atoms with Gasteiger partial charge in [0.25, 0.3) is 0 Å². The van der Waals surface area contributed by atoms with Crippen LogP contribution in [0.5, 0.6) is 0 Å². The molecule has 1 aliphatic heterocycles. The highest BCUT2D eigenvalue weighted by molar-refractivity contribution is 5.22. The zero-order valence-corrected chi connectivity index (χ0v) is 5.80. The Hall–Kier alpha value is -0.800. The third kappa shape index (κ3) is 1.37. The quantitative estimate of drug-likeness (QED) is 0.577. The maximum Gasteiger partial charge on any atom is 0.131 e. The van der Waals surface area contributed by atoms with Crippen LogP contribution in [0.3, 0.4) is 0 Å². The van der Waals surface area contributed by atoms with Gasteiger partial charge in [-0.3, -0.25) is 0 Å². The van der Waals surface area contributed by atoms with Gasteiger partial charge in [-0.2, -0.15) is 5.90 Å². The Balaban J connectivity index is 2.72. The van der Waals surface area contributed by atoms with Gasteiger partial charge < -0.3 is 9.57 Å². The molecule has 0 bridgehead atoms. The summed E-state index contributed by atoms with van der Waals surface area (Å²) in [5.41, 5.74) is 0.953. The molecule has 0 aromatic carbocycles. The fraction of sp³-hybridized carbons (Fsp3) is 0.429. The zero-order valence-electron chi connectivity index (χ0n) is 5.80. The van der Waals surface area contributed by atoms with E-state index in [2.05, 4.69) is 11.4 Å². The molecule has 0 amide bonds. The number of nitrogens with two attached hydrogens (primary N) is 1. The molecule has 10 heavy (non-hydrogen) atoms. The van der Waals surface area contributed by atoms with Gasteiger partial charge >= 0.3 is 0 Å². The molecule has 0 fully saturated rings. The molecule has 0 saturated heterocycles. The normalized spacial score (nSPS) is 18.9. The van der Waals surface area contributed by atoms with Crippen molar-refractivity contribution < 1.29 is 9.57 Å². The molecular weight excluding hydrogens is 130 g/mol. The van der Waals surface area contributed by atoms with E-state index in [1.54, 1.807) is 6.08 Å². The number of ether oxygens (including phenoxy) is 1. The highest BCUT2D eigenvalue weighted by Crippen LogP contribution is 2.15. The lowest BCUT2D eigenvalue weighted by Crippen LogP contribution is -2.14. The number of hydrogen-bond donors (Lipinski definition) is 1. The van der Waals surface area contributed by atoms with Crippen molar-refractivity contribution in [3.8, 4) is 0 Å². The molecule has 0 aromatic rings. The predicted molar refractivity (Wildman–Crippen MR) is 37.9 cm³/mol. The van der Waals surface area contributed by atoms with Gasteiger partial charge in [-0.15, -0.1) is 0 Å². The van der Waals surface area contributed by atoms with Crippen LogP contribution < -0.4 is 5.90 Å². The lowest BCUT2D eigenvalue weighted by Gasteiger charge is -2.15. The summed E-state index contributed by atoms with van der Waals surface area (Å²) in [6, 6.07) is 0. The van der Waals surface area contributed by atoms with Gasteiger partial charge in [-0.05, 0) is 0 Å². The van der Waals surface area contributed by atoms with Crippen LogP contribution in [0.25, 0.3) is 0 Å². The van der Waals surface area contributed by atoms with Gasteiger partial charge in [-0.1, -0.05) is 12.7 Å². The SMILES string of the molecule is C=CC1=C(ON)CCOC1. The van der Waals surface area contributed by atoms with Gasteiger partial charge in [0.05, 0.1) is 13.2 Å². The Morgan fingerprint density at radius 1 is 1.70 bits per heavy atom. The summed E-state index contributed by atoms with van der Waals surface area (Å²) in [5.74, 6) is 5.80. The van der Waals surface area contributed by atoms with E-state index in [0.717, 1.165) is 17.8 Å². The van der Waals surface area contributed by atoms with Crippen LogP contribution in [0.2, 0.25) is 0 Å². The summed E-state index contributed by atoms with van der Waals surface area (Å²) in [4.78, 5) is 4.62. The lowest BCUT2D eigenvalue weighted by atomic mass is 10.1. The summed E-state index contributed by atoms with van der Waals surface area (Å²) < 4.78 is 5.14. The molecule has 1 heterocycles. The lowest BCUT2D eigenvalue weighted by molar-refractivity contribution is 0.106. The van der Waals surface area contributed by atoms with E-state index in [0.29, 0.717) is 13.2 Å². The van der Waals surface area contributed by atoms with Crippen molar-refractivity contribution >= 4 is 0 Å². The van der Waals surface area contributed by atoms with Crippen LogP contribution in [-0.4, -0.2) is 13.2 Å². The molecule has 3 nitrogen and oxygen atoms in total. The van der Waals surface area contributed by atoms with Crippen molar-refractivity contribution in [2.45, 2.75) is 6.42 Å². The molecule has 0 aromatic heterocycles. The van der Waals surface area contributed by atoms with Crippen LogP contribution in [0.4, 0.5) is 0 Å². The van der Waals surface area contributed by atoms with Crippen molar-refractivity contribution in [2.24, 2.45) is 5.90 Å². The third-order valence-corrected chi connectivity index (χ3v) is 1.48. The van der Waals surface area contributed by atoms with Crippen molar-refractivity contribution in [2.75, 3.05) is 13.2 Å². The van der Waals surface area contributed by atoms with Gasteiger partial charge in [0.2, 0.25) is 0 Å². The molecular formula is C7H11NO2. The van der Waals surface area contributed by atoms with Crippen molar-refractivity contribution in [1.82, 2.24) is 0 Å². The Labute approximate surface area is 60.1 Å². The molecule has 0 unspecified atom stereocenters. The molecule has 1 rings (SSSR count). The number of rotatable bonds is 2. The molecule has 0 saturated carbocycles. The average Bonchev–Trinajstić information content (AvgIpc) is 2.04. The van der Waals surface area contributed by atoms with Crippen LogP contribution in [0.15, 0.2) is 24.0 Å². The maximum atomic E-state index is 5.14. The summed E-state index contributed by atoms with van der Waals surface area (Å²) in [5, 5.41) is 0. The standard InChI is InChI=1S/C7H11NO2/c1-2-6-5-9-4-3-7(6)10-8/h2H,1,3-5,8H2. The van der Waals surface area contributed by atoms with E-state index in [9.17, 15) is 0 Å². The van der Waals surface area contributed by atoms with Crippen molar-refractivity contribution in [3.63, 3.8) is 0 Å². The van der Waals surface area contributed by atoms with Crippen LogP contribution in [0, 0.1) is 0 Å². The Kier molecular flexibility index (Phi) is 2.48. The monoisotopic (exact) mass is 141 g/mol. The molecule has 2 N–H and O–H groups in total. The van der Waals surface area contributed by atoms with Gasteiger partial charge in [-0.25, -0.2) is 0 Å². The molecule has 0 spiro atoms. The summed E-state index contributed by atoms with van der Waals surface area (Å²) in [6.45, 7) is 4.86. The van der Waals surface area contributed by atoms with Crippen LogP contribution >= 0.6 is 0 Å². The van der Waals surface area contributed by atoms with E-state index >= 15 is 0 Å². The molecule has 1 aliphatic rings. The Morgan fingerprint density at radius 2 is 2.50 bits per heavy atom. The fourth-order valence-electron chi connectivity index (χ4n) is 0.895. The molecule has 56 valence electrons. The number of hydrogen-bond acceptors (Lipinski definition) is 3. The van der Waals surface area contributed by atoms with Crippen LogP contribution in [0.1, 0.15) is 6.42 Å². The average molecular weight is 141 g/mol. The van der Waals surface area contributed by atoms with Gasteiger partial charge in [0, 0.05) is 12.0 Å². The van der Waals surface area contributed by atoms with E-state index in [1.165, 1.54) is 0 Å². The molecule has 0 aliphatic carbocycles. The minimum absolute atomic E-state index is 0.566. The first-order valence-corrected chi connectivity index (χ1v) is 3.17. The van der Waals surface area contributed by atoms with Gasteiger partial charge in [0.15, 0.2) is 0 Å². The van der Waals surface area contributed by atoms with Crippen LogP contribution in [-0.2, 0) is 9.57 Å². The second kappa shape index (κ2) is 3.39. The van der Waals surface area contributed by atoms with E-state index in [-0.39, 0.29) is 0 Å². The van der Waals surface area contributed by atoms with Crippen molar-refractivity contribution in [3.05, 3.63) is 24.0 Å². The summed E-state index contributed by atoms with van der Waals surface area (Å²) in [6.07, 6.45) is 2.46. The van der Waals surface area contributed by atoms with Crippen molar-refractivity contribution in [1.29, 1.82) is 0 Å². The van der Waals surface area contributed by atoms with E-state index in [4.69, 9.17) is 10.6 Å². The first-order chi connectivity index (χ1) is 4.88. The van der Waals surface area contributed by atoms with Gasteiger partial charge in [0.1, 0.15) is 5.76 Å². The second-order valence-corrected chi connectivity index (χ2v) is 2.07. The fourth-order valence-corrected chi connectivity index (χ4v) is 0.895. The molecule has 3 heteroatoms. The third-order valence-electron chi connectivity index (χ3n) is 1.48. The smallest absolute Gasteiger partial charge is 0.131 e. The zero-order chi connectivity index (χ0) is 7.40. The first-order valence-electron chi connectivity index (χ1n) is 3.17. The predicted octanol–water partition coefficient (Wildman–Crippen LogP) is 0.737. The highest BCUT2D eigenvalue weighted by atomic mass is 16.6. The topological polar surface area (TPSA) is 44.5 Å². The summed E-state index contributed by atoms with van der Waals surface area (Å²) >= 11 is 0. The minimum Gasteiger partial charge on any atom is -0.416 e. The Bertz CT molecular complexity index is 163. The Morgan fingerprint density at radius 3 is 3.00 bits per heavy atom. The molecule has 0 atom stereocenters. The van der Waals surface area contributed by atoms with E-state index in [1.807, 2.05) is 0 Å². The van der Waals surface area contributed by atoms with E-state index < -0.39 is 0 Å². The second-order valence-electron chi connectivity index (χ2n) is 2.07.